The quantitative estimate of drug-likeness (QED) is 0.410. The number of nitrogens with one attached hydrogen (secondary N) is 1. The van der Waals surface area contributed by atoms with Crippen LogP contribution in [0.25, 0.3) is 0 Å². The van der Waals surface area contributed by atoms with Gasteiger partial charge in [0.2, 0.25) is 0 Å². The van der Waals surface area contributed by atoms with Crippen molar-refractivity contribution < 1.29 is 18.8 Å². The van der Waals surface area contributed by atoms with E-state index in [1.807, 2.05) is 24.7 Å². The zero-order chi connectivity index (χ0) is 11.1. The molecule has 5 nitrogen and oxygen atoms in total. The second kappa shape index (κ2) is 6.19. The number of aromatic nitrogens is 2. The smallest absolute Gasteiger partial charge is 0.318 e. The van der Waals surface area contributed by atoms with Crippen LogP contribution in [0.2, 0.25) is 0 Å². The number of ether oxygens (including phenoxy) is 2. The second-order valence-electron chi connectivity index (χ2n) is 3.11. The number of aryl methyl sites for hydroxylation is 1. The predicted octanol–water partition coefficient (Wildman–Crippen LogP) is -0.0386. The molecule has 0 spiro atoms. The lowest BCUT2D eigenvalue weighted by molar-refractivity contribution is -0.677. The van der Waals surface area contributed by atoms with Crippen molar-refractivity contribution in [2.75, 3.05) is 19.8 Å². The molecular weight excluding hydrogens is 196 g/mol. The molecular formula is C10H17N2O3+. The van der Waals surface area contributed by atoms with Crippen molar-refractivity contribution in [3.05, 3.63) is 18.2 Å². The lowest BCUT2D eigenvalue weighted by Crippen LogP contribution is -2.32. The zero-order valence-corrected chi connectivity index (χ0v) is 9.16. The molecule has 0 aromatic carbocycles. The maximum absolute atomic E-state index is 11.3. The van der Waals surface area contributed by atoms with Crippen LogP contribution in [0, 0.1) is 0 Å². The van der Waals surface area contributed by atoms with Crippen LogP contribution in [-0.2, 0) is 27.7 Å². The summed E-state index contributed by atoms with van der Waals surface area (Å²) in [5.41, 5.74) is 0. The molecule has 0 aliphatic heterocycles. The van der Waals surface area contributed by atoms with Crippen LogP contribution in [0.5, 0.6) is 0 Å². The number of hydrogen-bond donors (Lipinski definition) is 1. The fourth-order valence-corrected chi connectivity index (χ4v) is 1.16. The summed E-state index contributed by atoms with van der Waals surface area (Å²) < 4.78 is 11.9. The molecule has 0 aliphatic carbocycles. The molecule has 0 amide bonds. The molecule has 1 heterocycles. The van der Waals surface area contributed by atoms with Crippen molar-refractivity contribution in [2.24, 2.45) is 7.05 Å². The molecule has 0 aliphatic rings. The standard InChI is InChI=1S/C10H16N2O3/c1-3-14-6-7-15-10(13)8-9-11-4-5-12(9)2/h4-5H,3,6-8H2,1-2H3/p+1. The van der Waals surface area contributed by atoms with E-state index in [0.717, 1.165) is 5.82 Å². The molecule has 0 saturated heterocycles. The number of imidazole rings is 1. The van der Waals surface area contributed by atoms with Crippen LogP contribution in [0.1, 0.15) is 12.7 Å². The SMILES string of the molecule is CCOCCOC(=O)Cc1[nH]cc[n+]1C. The minimum absolute atomic E-state index is 0.243. The minimum Gasteiger partial charge on any atom is -0.463 e. The average Bonchev–Trinajstić information content (AvgIpc) is 2.59. The van der Waals surface area contributed by atoms with Gasteiger partial charge >= 0.3 is 5.97 Å². The third-order valence-corrected chi connectivity index (χ3v) is 1.98. The molecule has 15 heavy (non-hydrogen) atoms. The third kappa shape index (κ3) is 4.12. The predicted molar refractivity (Wildman–Crippen MR) is 53.1 cm³/mol. The Balaban J connectivity index is 2.22. The number of H-pyrrole nitrogens is 1. The molecule has 0 bridgehead atoms. The molecule has 5 heteroatoms. The Labute approximate surface area is 89.0 Å². The summed E-state index contributed by atoms with van der Waals surface area (Å²) in [7, 11) is 1.87. The minimum atomic E-state index is -0.243. The Hall–Kier alpha value is -1.36. The van der Waals surface area contributed by atoms with Crippen molar-refractivity contribution in [1.29, 1.82) is 0 Å². The molecule has 1 aromatic rings. The van der Waals surface area contributed by atoms with Crippen molar-refractivity contribution >= 4 is 5.97 Å². The van der Waals surface area contributed by atoms with E-state index in [4.69, 9.17) is 9.47 Å². The number of esters is 1. The molecule has 0 unspecified atom stereocenters. The van der Waals surface area contributed by atoms with E-state index >= 15 is 0 Å². The van der Waals surface area contributed by atoms with Gasteiger partial charge in [-0.1, -0.05) is 0 Å². The Bertz CT molecular complexity index is 309. The Kier molecular flexibility index (Phi) is 4.83. The summed E-state index contributed by atoms with van der Waals surface area (Å²) in [5, 5.41) is 0. The maximum atomic E-state index is 11.3. The van der Waals surface area contributed by atoms with Gasteiger partial charge in [0.25, 0.3) is 5.82 Å². The first kappa shape index (κ1) is 11.7. The first-order valence-corrected chi connectivity index (χ1v) is 4.99. The lowest BCUT2D eigenvalue weighted by atomic mass is 10.4. The van der Waals surface area contributed by atoms with Crippen LogP contribution < -0.4 is 4.57 Å². The number of aromatic amines is 1. The lowest BCUT2D eigenvalue weighted by Gasteiger charge is -2.02. The number of hydrogen-bond acceptors (Lipinski definition) is 3. The highest BCUT2D eigenvalue weighted by Crippen LogP contribution is 1.91. The Morgan fingerprint density at radius 3 is 2.93 bits per heavy atom. The first-order valence-electron chi connectivity index (χ1n) is 4.99. The van der Waals surface area contributed by atoms with Gasteiger partial charge in [0.05, 0.1) is 13.7 Å². The second-order valence-corrected chi connectivity index (χ2v) is 3.11. The van der Waals surface area contributed by atoms with Gasteiger partial charge in [0, 0.05) is 6.61 Å². The van der Waals surface area contributed by atoms with Crippen LogP contribution in [0.3, 0.4) is 0 Å². The summed E-state index contributed by atoms with van der Waals surface area (Å²) in [4.78, 5) is 14.3. The van der Waals surface area contributed by atoms with Gasteiger partial charge in [-0.15, -0.1) is 0 Å². The van der Waals surface area contributed by atoms with E-state index in [1.54, 1.807) is 6.20 Å². The first-order chi connectivity index (χ1) is 7.24. The van der Waals surface area contributed by atoms with Crippen molar-refractivity contribution in [3.63, 3.8) is 0 Å². The topological polar surface area (TPSA) is 55.2 Å². The van der Waals surface area contributed by atoms with Crippen LogP contribution in [-0.4, -0.2) is 30.8 Å². The van der Waals surface area contributed by atoms with Crippen molar-refractivity contribution in [2.45, 2.75) is 13.3 Å². The molecule has 0 atom stereocenters. The molecule has 84 valence electrons. The van der Waals surface area contributed by atoms with Crippen molar-refractivity contribution in [1.82, 2.24) is 4.98 Å². The number of carbonyl (C=O) groups excluding carboxylic acids is 1. The van der Waals surface area contributed by atoms with Gasteiger partial charge in [0.15, 0.2) is 0 Å². The molecule has 1 N–H and O–H groups in total. The summed E-state index contributed by atoms with van der Waals surface area (Å²) in [6.07, 6.45) is 3.89. The highest BCUT2D eigenvalue weighted by molar-refractivity contribution is 5.71. The summed E-state index contributed by atoms with van der Waals surface area (Å²) in [6.45, 7) is 3.32. The van der Waals surface area contributed by atoms with Crippen molar-refractivity contribution in [3.8, 4) is 0 Å². The van der Waals surface area contributed by atoms with Gasteiger partial charge < -0.3 is 9.47 Å². The maximum Gasteiger partial charge on any atom is 0.318 e. The molecule has 1 aromatic heterocycles. The fourth-order valence-electron chi connectivity index (χ4n) is 1.16. The third-order valence-electron chi connectivity index (χ3n) is 1.98. The van der Waals surface area contributed by atoms with E-state index in [2.05, 4.69) is 4.98 Å². The summed E-state index contributed by atoms with van der Waals surface area (Å²) in [5.74, 6) is 0.587. The van der Waals surface area contributed by atoms with Gasteiger partial charge in [0.1, 0.15) is 25.4 Å². The van der Waals surface area contributed by atoms with Gasteiger partial charge in [-0.2, -0.15) is 0 Å². The molecule has 0 saturated carbocycles. The van der Waals surface area contributed by atoms with Gasteiger partial charge in [-0.3, -0.25) is 4.79 Å². The Morgan fingerprint density at radius 2 is 2.33 bits per heavy atom. The highest BCUT2D eigenvalue weighted by atomic mass is 16.6. The molecule has 0 fully saturated rings. The van der Waals surface area contributed by atoms with Gasteiger partial charge in [-0.05, 0) is 6.92 Å². The highest BCUT2D eigenvalue weighted by Gasteiger charge is 2.13. The number of carbonyl (C=O) groups is 1. The van der Waals surface area contributed by atoms with E-state index in [-0.39, 0.29) is 12.4 Å². The summed E-state index contributed by atoms with van der Waals surface area (Å²) in [6, 6.07) is 0. The Morgan fingerprint density at radius 1 is 1.53 bits per heavy atom. The zero-order valence-electron chi connectivity index (χ0n) is 9.16. The van der Waals surface area contributed by atoms with Crippen LogP contribution in [0.4, 0.5) is 0 Å². The largest absolute Gasteiger partial charge is 0.463 e. The van der Waals surface area contributed by atoms with E-state index in [1.165, 1.54) is 0 Å². The summed E-state index contributed by atoms with van der Waals surface area (Å²) >= 11 is 0. The average molecular weight is 213 g/mol. The van der Waals surface area contributed by atoms with Gasteiger partial charge in [-0.25, -0.2) is 9.55 Å². The number of nitrogens with zero attached hydrogens (tertiary/aromatic N) is 1. The van der Waals surface area contributed by atoms with E-state index in [0.29, 0.717) is 19.8 Å². The normalized spacial score (nSPS) is 10.3. The molecule has 1 rings (SSSR count). The van der Waals surface area contributed by atoms with Crippen LogP contribution in [0.15, 0.2) is 12.4 Å². The monoisotopic (exact) mass is 213 g/mol. The fraction of sp³-hybridized carbons (Fsp3) is 0.600. The van der Waals surface area contributed by atoms with E-state index < -0.39 is 0 Å². The van der Waals surface area contributed by atoms with Crippen LogP contribution >= 0.6 is 0 Å². The molecule has 0 radical (unpaired) electrons. The van der Waals surface area contributed by atoms with E-state index in [9.17, 15) is 4.79 Å². The number of rotatable bonds is 6.